The zero-order chi connectivity index (χ0) is 91.1. The van der Waals surface area contributed by atoms with Gasteiger partial charge in [0.05, 0.1) is 22.2 Å². The minimum Gasteiger partial charge on any atom is -0.311 e. The summed E-state index contributed by atoms with van der Waals surface area (Å²) in [5, 5.41) is 7.15. The first-order valence-electron chi connectivity index (χ1n) is 48.0. The van der Waals surface area contributed by atoms with Gasteiger partial charge in [-0.3, -0.25) is 0 Å². The molecular formula is C133H88N4S. The number of fused-ring (bicyclic) bond motifs is 28. The van der Waals surface area contributed by atoms with E-state index in [1.54, 1.807) is 0 Å². The van der Waals surface area contributed by atoms with E-state index in [2.05, 4.69) is 531 Å². The Balaban J connectivity index is 0.632. The van der Waals surface area contributed by atoms with Gasteiger partial charge in [-0.1, -0.05) is 360 Å². The lowest BCUT2D eigenvalue weighted by molar-refractivity contribution is 0.660. The number of para-hydroxylation sites is 4. The average molecular weight is 1770 g/mol. The summed E-state index contributed by atoms with van der Waals surface area (Å²) in [5.74, 6) is 0. The molecule has 0 bridgehead atoms. The lowest BCUT2D eigenvalue weighted by Gasteiger charge is -2.36. The van der Waals surface area contributed by atoms with Crippen molar-refractivity contribution in [1.29, 1.82) is 0 Å². The SMILES string of the molecule is CC1(C)c2ccccc2-c2ccc(N(c3ccccc3)c3ccc4c(c3N(c3ccc5ccccc5c3)c3ccc5cc(-c6ccc7c(c6)C6(c8ccccc8-7)c7ccccc7-c7c6ccc(-c6ccc(N(c8ccccc8)c8ccccc8)cc6)c7-c6cccc(N(c7ccccc7)c7ccc8sc9ccccc9c8c7)c6)ccc5c3)-c3ccccc3C43c4ccccc4-c4ccccc43)cc21. The summed E-state index contributed by atoms with van der Waals surface area (Å²) in [6.45, 7) is 4.79. The van der Waals surface area contributed by atoms with Crippen LogP contribution in [0.25, 0.3) is 131 Å². The maximum atomic E-state index is 2.62. The van der Waals surface area contributed by atoms with Gasteiger partial charge >= 0.3 is 0 Å². The monoisotopic (exact) mass is 1770 g/mol. The van der Waals surface area contributed by atoms with Crippen molar-refractivity contribution in [3.8, 4) is 89.0 Å². The largest absolute Gasteiger partial charge is 0.311 e. The molecule has 1 heterocycles. The second-order valence-electron chi connectivity index (χ2n) is 38.0. The molecule has 5 heteroatoms. The molecule has 0 aliphatic heterocycles. The van der Waals surface area contributed by atoms with Gasteiger partial charge in [-0.05, 0) is 312 Å². The Labute approximate surface area is 807 Å². The van der Waals surface area contributed by atoms with Gasteiger partial charge in [0.2, 0.25) is 0 Å². The van der Waals surface area contributed by atoms with Crippen molar-refractivity contribution >= 4 is 121 Å². The first-order chi connectivity index (χ1) is 68.2. The molecule has 138 heavy (non-hydrogen) atoms. The lowest BCUT2D eigenvalue weighted by atomic mass is 9.69. The molecule has 0 saturated carbocycles. The van der Waals surface area contributed by atoms with E-state index in [1.807, 2.05) is 11.3 Å². The highest BCUT2D eigenvalue weighted by molar-refractivity contribution is 7.25. The number of rotatable bonds is 15. The van der Waals surface area contributed by atoms with Gasteiger partial charge in [-0.25, -0.2) is 0 Å². The third kappa shape index (κ3) is 11.7. The van der Waals surface area contributed by atoms with Crippen LogP contribution in [0.15, 0.2) is 497 Å². The number of hydrogen-bond donors (Lipinski definition) is 0. The van der Waals surface area contributed by atoms with Crippen LogP contribution in [0.3, 0.4) is 0 Å². The highest BCUT2D eigenvalue weighted by Gasteiger charge is 2.55. The predicted molar refractivity (Wildman–Crippen MR) is 580 cm³/mol. The number of nitrogens with zero attached hydrogens (tertiary/aromatic N) is 4. The second-order valence-corrected chi connectivity index (χ2v) is 39.1. The third-order valence-electron chi connectivity index (χ3n) is 30.6. The molecule has 1 unspecified atom stereocenters. The van der Waals surface area contributed by atoms with Gasteiger partial charge in [-0.15, -0.1) is 11.3 Å². The summed E-state index contributed by atoms with van der Waals surface area (Å²) < 4.78 is 2.56. The first-order valence-corrected chi connectivity index (χ1v) is 48.8. The summed E-state index contributed by atoms with van der Waals surface area (Å²) in [6, 6.07) is 188. The molecule has 0 amide bonds. The minimum atomic E-state index is -0.721. The van der Waals surface area contributed by atoms with Crippen LogP contribution in [0.4, 0.5) is 68.2 Å². The molecule has 5 aliphatic carbocycles. The molecular weight excluding hydrogens is 1690 g/mol. The van der Waals surface area contributed by atoms with E-state index >= 15 is 0 Å². The van der Waals surface area contributed by atoms with Gasteiger partial charge in [-0.2, -0.15) is 0 Å². The Morgan fingerprint density at radius 2 is 0.551 bits per heavy atom. The van der Waals surface area contributed by atoms with Crippen molar-refractivity contribution < 1.29 is 0 Å². The Morgan fingerprint density at radius 3 is 1.19 bits per heavy atom. The van der Waals surface area contributed by atoms with Crippen LogP contribution in [0.1, 0.15) is 69.5 Å². The van der Waals surface area contributed by atoms with Gasteiger partial charge in [0.25, 0.3) is 0 Å². The van der Waals surface area contributed by atoms with E-state index in [0.29, 0.717) is 0 Å². The van der Waals surface area contributed by atoms with Crippen LogP contribution >= 0.6 is 11.3 Å². The van der Waals surface area contributed by atoms with Gasteiger partial charge in [0.15, 0.2) is 0 Å². The summed E-state index contributed by atoms with van der Waals surface area (Å²) in [5.41, 5.74) is 43.6. The predicted octanol–water partition coefficient (Wildman–Crippen LogP) is 36.2. The van der Waals surface area contributed by atoms with E-state index in [9.17, 15) is 0 Å². The minimum absolute atomic E-state index is 0.256. The molecule has 646 valence electrons. The third-order valence-corrected chi connectivity index (χ3v) is 31.7. The van der Waals surface area contributed by atoms with Crippen LogP contribution in [0, 0.1) is 0 Å². The molecule has 4 nitrogen and oxygen atoms in total. The zero-order valence-electron chi connectivity index (χ0n) is 76.0. The maximum Gasteiger partial charge on any atom is 0.0784 e. The van der Waals surface area contributed by atoms with E-state index in [1.165, 1.54) is 142 Å². The Kier molecular flexibility index (Phi) is 17.8. The van der Waals surface area contributed by atoms with Crippen LogP contribution in [-0.2, 0) is 16.2 Å². The summed E-state index contributed by atoms with van der Waals surface area (Å²) in [7, 11) is 0. The molecule has 23 aromatic rings. The molecule has 0 saturated heterocycles. The summed E-state index contributed by atoms with van der Waals surface area (Å²) >= 11 is 1.86. The van der Waals surface area contributed by atoms with Crippen molar-refractivity contribution in [2.75, 3.05) is 19.6 Å². The second kappa shape index (κ2) is 30.9. The number of hydrogen-bond acceptors (Lipinski definition) is 5. The zero-order valence-corrected chi connectivity index (χ0v) is 76.9. The molecule has 0 N–H and O–H groups in total. The highest BCUT2D eigenvalue weighted by Crippen LogP contribution is 2.69. The molecule has 22 aromatic carbocycles. The molecule has 1 aromatic heterocycles. The first kappa shape index (κ1) is 79.3. The Morgan fingerprint density at radius 1 is 0.174 bits per heavy atom. The normalized spacial score (nSPS) is 14.2. The van der Waals surface area contributed by atoms with Gasteiger partial charge in [0, 0.05) is 88.0 Å². The van der Waals surface area contributed by atoms with Crippen molar-refractivity contribution in [1.82, 2.24) is 0 Å². The van der Waals surface area contributed by atoms with Gasteiger partial charge < -0.3 is 19.6 Å². The van der Waals surface area contributed by atoms with Crippen LogP contribution in [-0.4, -0.2) is 0 Å². The van der Waals surface area contributed by atoms with Crippen molar-refractivity contribution in [3.63, 3.8) is 0 Å². The Bertz CT molecular complexity index is 8880. The summed E-state index contributed by atoms with van der Waals surface area (Å²) in [6.07, 6.45) is 0. The molecule has 0 radical (unpaired) electrons. The van der Waals surface area contributed by atoms with E-state index < -0.39 is 10.8 Å². The molecule has 0 fully saturated rings. The fourth-order valence-corrected chi connectivity index (χ4v) is 25.8. The Hall–Kier alpha value is -17.2. The molecule has 28 rings (SSSR count). The lowest BCUT2D eigenvalue weighted by Crippen LogP contribution is -2.26. The molecule has 5 aliphatic rings. The van der Waals surface area contributed by atoms with Crippen LogP contribution in [0.2, 0.25) is 0 Å². The van der Waals surface area contributed by atoms with E-state index in [0.717, 1.165) is 112 Å². The fraction of sp³-hybridized carbons (Fsp3) is 0.0376. The topological polar surface area (TPSA) is 13.0 Å². The van der Waals surface area contributed by atoms with Crippen LogP contribution < -0.4 is 19.6 Å². The average Bonchev–Trinajstić information content (AvgIpc) is 1.50. The molecule has 2 spiro atoms. The van der Waals surface area contributed by atoms with E-state index in [-0.39, 0.29) is 5.41 Å². The van der Waals surface area contributed by atoms with Crippen molar-refractivity contribution in [2.24, 2.45) is 0 Å². The van der Waals surface area contributed by atoms with E-state index in [4.69, 9.17) is 0 Å². The maximum absolute atomic E-state index is 2.62. The van der Waals surface area contributed by atoms with Crippen LogP contribution in [0.5, 0.6) is 0 Å². The summed E-state index contributed by atoms with van der Waals surface area (Å²) in [4.78, 5) is 9.98. The van der Waals surface area contributed by atoms with Gasteiger partial charge in [0.1, 0.15) is 0 Å². The highest BCUT2D eigenvalue weighted by atomic mass is 32.1. The number of thiophene rings is 1. The molecule has 1 atom stereocenters. The quantitative estimate of drug-likeness (QED) is 0.101. The van der Waals surface area contributed by atoms with Crippen molar-refractivity contribution in [2.45, 2.75) is 30.1 Å². The fourth-order valence-electron chi connectivity index (χ4n) is 24.7. The van der Waals surface area contributed by atoms with Crippen molar-refractivity contribution in [3.05, 3.63) is 553 Å². The number of anilines is 12. The standard InChI is InChI=1S/C133H88N4S/c1-131(2)114-51-24-17-44-104(114)108-72-69-102(84-122(108)131)136(96-41-13-6-14-42-96)124-76-75-121-129(112-50-22-29-56-119(112)132(121)115-52-25-18-45-105(115)106-46-19-26-53-116(106)132)130(124)137(99-67-60-85-32-15-16-33-87(85)79-99)100-68-63-89-78-88(58-59-90(89)80-100)91-64-71-109-107-47-20-27-54-117(107)133(123(109)82-91)118-55-28-21-49-111(118)128-120(133)74-73-103(86-61-65-97(66-62-86)134(93-35-7-3-8-36-93)94-37-9-4-10-38-94)127(128)92-34-31-43-98(81-92)135(95-39-11-5-12-40-95)101-70-77-126-113(83-101)110-48-23-30-57-125(110)138-126/h3-84H,1-2H3. The smallest absolute Gasteiger partial charge is 0.0784 e. The number of benzene rings is 22.